The third kappa shape index (κ3) is 3.74. The summed E-state index contributed by atoms with van der Waals surface area (Å²) in [5, 5.41) is 22.7. The van der Waals surface area contributed by atoms with Crippen molar-refractivity contribution < 1.29 is 15.0 Å². The molecule has 6 heteroatoms. The van der Waals surface area contributed by atoms with Crippen molar-refractivity contribution in [3.8, 4) is 0 Å². The summed E-state index contributed by atoms with van der Waals surface area (Å²) in [5.74, 6) is -0.503. The van der Waals surface area contributed by atoms with Gasteiger partial charge in [0, 0.05) is 19.3 Å². The van der Waals surface area contributed by atoms with Crippen LogP contribution in [0.2, 0.25) is 0 Å². The minimum Gasteiger partial charge on any atom is -0.478 e. The van der Waals surface area contributed by atoms with E-state index < -0.39 is 11.6 Å². The minimum atomic E-state index is -1.03. The molecule has 1 aromatic rings. The zero-order chi connectivity index (χ0) is 14.6. The first-order chi connectivity index (χ1) is 9.50. The molecule has 0 amide bonds. The van der Waals surface area contributed by atoms with E-state index in [9.17, 15) is 9.90 Å². The van der Waals surface area contributed by atoms with Crippen molar-refractivity contribution in [3.63, 3.8) is 0 Å². The van der Waals surface area contributed by atoms with E-state index in [2.05, 4.69) is 22.2 Å². The normalized spacial score (nSPS) is 26.4. The van der Waals surface area contributed by atoms with Gasteiger partial charge in [-0.15, -0.1) is 0 Å². The maximum atomic E-state index is 11.0. The summed E-state index contributed by atoms with van der Waals surface area (Å²) < 4.78 is 0. The molecule has 1 aromatic heterocycles. The number of hydrogen-bond acceptors (Lipinski definition) is 5. The second kappa shape index (κ2) is 6.28. The first kappa shape index (κ1) is 14.9. The molecule has 0 aliphatic heterocycles. The van der Waals surface area contributed by atoms with Crippen LogP contribution in [0.1, 0.15) is 48.7 Å². The quantitative estimate of drug-likeness (QED) is 0.749. The molecule has 2 rings (SSSR count). The summed E-state index contributed by atoms with van der Waals surface area (Å²) in [6, 6.07) is 0. The Morgan fingerprint density at radius 3 is 3.10 bits per heavy atom. The molecule has 0 saturated heterocycles. The van der Waals surface area contributed by atoms with E-state index in [0.717, 1.165) is 25.7 Å². The second-order valence-corrected chi connectivity index (χ2v) is 5.72. The van der Waals surface area contributed by atoms with Crippen molar-refractivity contribution in [2.45, 2.75) is 44.8 Å². The lowest BCUT2D eigenvalue weighted by Gasteiger charge is -2.35. The van der Waals surface area contributed by atoms with E-state index in [1.54, 1.807) is 0 Å². The van der Waals surface area contributed by atoms with Crippen molar-refractivity contribution in [1.82, 2.24) is 15.3 Å². The molecule has 20 heavy (non-hydrogen) atoms. The Morgan fingerprint density at radius 2 is 2.40 bits per heavy atom. The van der Waals surface area contributed by atoms with Gasteiger partial charge in [0.15, 0.2) is 0 Å². The van der Waals surface area contributed by atoms with Gasteiger partial charge in [0.1, 0.15) is 11.9 Å². The van der Waals surface area contributed by atoms with Crippen molar-refractivity contribution in [3.05, 3.63) is 23.8 Å². The number of carboxylic acid groups (broad SMARTS) is 1. The zero-order valence-electron chi connectivity index (χ0n) is 11.7. The van der Waals surface area contributed by atoms with Crippen LogP contribution in [0.5, 0.6) is 0 Å². The van der Waals surface area contributed by atoms with Gasteiger partial charge < -0.3 is 15.5 Å². The number of aliphatic hydroxyl groups is 1. The molecule has 0 radical (unpaired) electrons. The zero-order valence-corrected chi connectivity index (χ0v) is 11.7. The Balaban J connectivity index is 1.91. The number of hydrogen-bond donors (Lipinski definition) is 3. The highest BCUT2D eigenvalue weighted by atomic mass is 16.4. The van der Waals surface area contributed by atoms with Crippen LogP contribution in [-0.2, 0) is 6.54 Å². The highest BCUT2D eigenvalue weighted by Crippen LogP contribution is 2.31. The van der Waals surface area contributed by atoms with Crippen molar-refractivity contribution in [2.24, 2.45) is 5.92 Å². The Bertz CT molecular complexity index is 480. The van der Waals surface area contributed by atoms with Crippen molar-refractivity contribution in [1.29, 1.82) is 0 Å². The van der Waals surface area contributed by atoms with Crippen LogP contribution in [-0.4, -0.2) is 38.3 Å². The Morgan fingerprint density at radius 1 is 1.60 bits per heavy atom. The van der Waals surface area contributed by atoms with E-state index in [1.807, 2.05) is 0 Å². The summed E-state index contributed by atoms with van der Waals surface area (Å²) in [4.78, 5) is 18.7. The number of carbonyl (C=O) groups is 1. The lowest BCUT2D eigenvalue weighted by Crippen LogP contribution is -2.44. The number of rotatable bonds is 5. The highest BCUT2D eigenvalue weighted by molar-refractivity contribution is 5.88. The molecular formula is C14H21N3O3. The molecule has 0 bridgehead atoms. The third-order valence-corrected chi connectivity index (χ3v) is 3.84. The molecular weight excluding hydrogens is 258 g/mol. The monoisotopic (exact) mass is 279 g/mol. The second-order valence-electron chi connectivity index (χ2n) is 5.72. The fraction of sp³-hybridized carbons (Fsp3) is 0.643. The smallest absolute Gasteiger partial charge is 0.339 e. The van der Waals surface area contributed by atoms with Gasteiger partial charge in [0.25, 0.3) is 0 Å². The maximum absolute atomic E-state index is 11.0. The molecule has 1 saturated carbocycles. The Labute approximate surface area is 118 Å². The van der Waals surface area contributed by atoms with E-state index in [4.69, 9.17) is 5.11 Å². The molecule has 2 atom stereocenters. The van der Waals surface area contributed by atoms with Crippen molar-refractivity contribution in [2.75, 3.05) is 6.54 Å². The number of nitrogens with one attached hydrogen (secondary N) is 1. The molecule has 6 nitrogen and oxygen atoms in total. The van der Waals surface area contributed by atoms with Crippen LogP contribution in [0.3, 0.4) is 0 Å². The average molecular weight is 279 g/mol. The Kier molecular flexibility index (Phi) is 4.67. The predicted molar refractivity (Wildman–Crippen MR) is 73.3 cm³/mol. The van der Waals surface area contributed by atoms with Gasteiger partial charge in [0.2, 0.25) is 0 Å². The summed E-state index contributed by atoms with van der Waals surface area (Å²) >= 11 is 0. The van der Waals surface area contributed by atoms with Gasteiger partial charge >= 0.3 is 5.97 Å². The van der Waals surface area contributed by atoms with Gasteiger partial charge in [-0.05, 0) is 18.8 Å². The fourth-order valence-electron chi connectivity index (χ4n) is 2.88. The van der Waals surface area contributed by atoms with E-state index in [1.165, 1.54) is 12.5 Å². The molecule has 1 heterocycles. The predicted octanol–water partition coefficient (Wildman–Crippen LogP) is 1.21. The largest absolute Gasteiger partial charge is 0.478 e. The Hall–Kier alpha value is -1.53. The minimum absolute atomic E-state index is 0.101. The van der Waals surface area contributed by atoms with Crippen LogP contribution in [0.15, 0.2) is 12.5 Å². The molecule has 1 aliphatic rings. The van der Waals surface area contributed by atoms with E-state index >= 15 is 0 Å². The molecule has 1 fully saturated rings. The standard InChI is InChI=1S/C14H21N3O3/c1-10-3-2-4-14(20,5-10)8-15-7-12-11(13(18)19)6-16-9-17-12/h6,9-10,15,20H,2-5,7-8H2,1H3,(H,18,19). The number of carboxylic acids is 1. The SMILES string of the molecule is CC1CCCC(O)(CNCc2ncncc2C(=O)O)C1. The van der Waals surface area contributed by atoms with Gasteiger partial charge in [-0.25, -0.2) is 14.8 Å². The number of aromatic carboxylic acids is 1. The number of nitrogens with zero attached hydrogens (tertiary/aromatic N) is 2. The van der Waals surface area contributed by atoms with Crippen LogP contribution in [0.4, 0.5) is 0 Å². The third-order valence-electron chi connectivity index (χ3n) is 3.84. The van der Waals surface area contributed by atoms with Crippen LogP contribution in [0, 0.1) is 5.92 Å². The van der Waals surface area contributed by atoms with Crippen LogP contribution in [0.25, 0.3) is 0 Å². The fourth-order valence-corrected chi connectivity index (χ4v) is 2.88. The summed E-state index contributed by atoms with van der Waals surface area (Å²) in [6.07, 6.45) is 6.41. The van der Waals surface area contributed by atoms with E-state index in [-0.39, 0.29) is 5.56 Å². The molecule has 110 valence electrons. The molecule has 2 unspecified atom stereocenters. The maximum Gasteiger partial charge on any atom is 0.339 e. The average Bonchev–Trinajstić information content (AvgIpc) is 2.38. The molecule has 1 aliphatic carbocycles. The topological polar surface area (TPSA) is 95.3 Å². The summed E-state index contributed by atoms with van der Waals surface area (Å²) in [6.45, 7) is 2.93. The number of aromatic nitrogens is 2. The molecule has 0 aromatic carbocycles. The summed E-state index contributed by atoms with van der Waals surface area (Å²) in [7, 11) is 0. The van der Waals surface area contributed by atoms with Gasteiger partial charge in [-0.1, -0.05) is 19.8 Å². The van der Waals surface area contributed by atoms with Crippen LogP contribution >= 0.6 is 0 Å². The highest BCUT2D eigenvalue weighted by Gasteiger charge is 2.32. The lowest BCUT2D eigenvalue weighted by molar-refractivity contribution is -0.0119. The van der Waals surface area contributed by atoms with E-state index in [0.29, 0.717) is 24.7 Å². The first-order valence-corrected chi connectivity index (χ1v) is 6.95. The molecule has 3 N–H and O–H groups in total. The van der Waals surface area contributed by atoms with Crippen LogP contribution < -0.4 is 5.32 Å². The molecule has 0 spiro atoms. The van der Waals surface area contributed by atoms with Crippen molar-refractivity contribution >= 4 is 5.97 Å². The first-order valence-electron chi connectivity index (χ1n) is 6.95. The van der Waals surface area contributed by atoms with Gasteiger partial charge in [-0.3, -0.25) is 0 Å². The van der Waals surface area contributed by atoms with Gasteiger partial charge in [-0.2, -0.15) is 0 Å². The lowest BCUT2D eigenvalue weighted by atomic mass is 9.79. The van der Waals surface area contributed by atoms with Gasteiger partial charge in [0.05, 0.1) is 11.3 Å². The summed E-state index contributed by atoms with van der Waals surface area (Å²) in [5.41, 5.74) is -0.141.